The van der Waals surface area contributed by atoms with Crippen molar-refractivity contribution in [3.05, 3.63) is 47.0 Å². The van der Waals surface area contributed by atoms with Crippen molar-refractivity contribution in [1.29, 1.82) is 0 Å². The van der Waals surface area contributed by atoms with Crippen LogP contribution >= 0.6 is 0 Å². The van der Waals surface area contributed by atoms with E-state index in [1.807, 2.05) is 0 Å². The summed E-state index contributed by atoms with van der Waals surface area (Å²) in [5.41, 5.74) is 1.14. The molecule has 2 rings (SSSR count). The van der Waals surface area contributed by atoms with Crippen LogP contribution in [0.25, 0.3) is 11.1 Å². The molecule has 0 aliphatic carbocycles. The fourth-order valence-corrected chi connectivity index (χ4v) is 1.64. The first-order chi connectivity index (χ1) is 9.10. The van der Waals surface area contributed by atoms with Gasteiger partial charge < -0.3 is 14.4 Å². The van der Waals surface area contributed by atoms with Crippen molar-refractivity contribution in [1.82, 2.24) is 9.55 Å². The molecule has 0 bridgehead atoms. The summed E-state index contributed by atoms with van der Waals surface area (Å²) < 4.78 is 6.10. The van der Waals surface area contributed by atoms with Crippen LogP contribution in [0.1, 0.15) is 0 Å². The number of carboxylic acids is 1. The summed E-state index contributed by atoms with van der Waals surface area (Å²) in [4.78, 5) is 26.2. The third-order valence-corrected chi connectivity index (χ3v) is 2.57. The van der Waals surface area contributed by atoms with Gasteiger partial charge in [0.05, 0.1) is 7.11 Å². The average molecular weight is 260 g/mol. The van der Waals surface area contributed by atoms with Crippen LogP contribution in [-0.4, -0.2) is 27.7 Å². The highest BCUT2D eigenvalue weighted by Crippen LogP contribution is 2.18. The van der Waals surface area contributed by atoms with Gasteiger partial charge in [-0.05, 0) is 17.7 Å². The molecule has 0 saturated carbocycles. The van der Waals surface area contributed by atoms with E-state index in [2.05, 4.69) is 4.98 Å². The van der Waals surface area contributed by atoms with Crippen LogP contribution in [-0.2, 0) is 11.3 Å². The van der Waals surface area contributed by atoms with E-state index in [4.69, 9.17) is 9.84 Å². The Morgan fingerprint density at radius 3 is 2.63 bits per heavy atom. The van der Waals surface area contributed by atoms with Gasteiger partial charge in [0, 0.05) is 30.1 Å². The van der Waals surface area contributed by atoms with Gasteiger partial charge in [0.2, 0.25) is 5.88 Å². The minimum absolute atomic E-state index is 0.354. The first-order valence-corrected chi connectivity index (χ1v) is 5.53. The van der Waals surface area contributed by atoms with Gasteiger partial charge in [-0.1, -0.05) is 0 Å². The third-order valence-electron chi connectivity index (χ3n) is 2.57. The summed E-state index contributed by atoms with van der Waals surface area (Å²) in [5.74, 6) is -0.574. The average Bonchev–Trinajstić information content (AvgIpc) is 2.41. The monoisotopic (exact) mass is 260 g/mol. The Kier molecular flexibility index (Phi) is 3.61. The second-order valence-electron chi connectivity index (χ2n) is 3.87. The maximum Gasteiger partial charge on any atom is 0.323 e. The Morgan fingerprint density at radius 2 is 2.05 bits per heavy atom. The van der Waals surface area contributed by atoms with Crippen molar-refractivity contribution in [2.75, 3.05) is 7.11 Å². The smallest absolute Gasteiger partial charge is 0.323 e. The van der Waals surface area contributed by atoms with Crippen LogP contribution in [0, 0.1) is 0 Å². The molecule has 0 aliphatic heterocycles. The van der Waals surface area contributed by atoms with E-state index in [1.54, 1.807) is 24.4 Å². The number of aromatic nitrogens is 2. The molecule has 1 N–H and O–H groups in total. The molecular weight excluding hydrogens is 248 g/mol. The van der Waals surface area contributed by atoms with Crippen molar-refractivity contribution in [3.63, 3.8) is 0 Å². The highest BCUT2D eigenvalue weighted by molar-refractivity contribution is 5.67. The van der Waals surface area contributed by atoms with Gasteiger partial charge in [-0.2, -0.15) is 0 Å². The number of carbonyl (C=O) groups is 1. The molecule has 0 amide bonds. The molecule has 0 aromatic carbocycles. The zero-order chi connectivity index (χ0) is 13.8. The molecule has 2 aromatic rings. The number of carboxylic acid groups (broad SMARTS) is 1. The zero-order valence-electron chi connectivity index (χ0n) is 10.2. The normalized spacial score (nSPS) is 10.2. The summed E-state index contributed by atoms with van der Waals surface area (Å²) >= 11 is 0. The van der Waals surface area contributed by atoms with Gasteiger partial charge in [0.15, 0.2) is 0 Å². The van der Waals surface area contributed by atoms with Crippen LogP contribution in [0.4, 0.5) is 0 Å². The lowest BCUT2D eigenvalue weighted by atomic mass is 10.1. The fraction of sp³-hybridized carbons (Fsp3) is 0.154. The molecule has 98 valence electrons. The molecule has 0 radical (unpaired) electrons. The molecule has 6 heteroatoms. The van der Waals surface area contributed by atoms with Crippen LogP contribution in [0.2, 0.25) is 0 Å². The van der Waals surface area contributed by atoms with Crippen molar-refractivity contribution in [3.8, 4) is 17.0 Å². The largest absolute Gasteiger partial charge is 0.481 e. The number of nitrogens with zero attached hydrogens (tertiary/aromatic N) is 2. The summed E-state index contributed by atoms with van der Waals surface area (Å²) in [5, 5.41) is 8.73. The summed E-state index contributed by atoms with van der Waals surface area (Å²) in [6.45, 7) is -0.365. The molecule has 19 heavy (non-hydrogen) atoms. The van der Waals surface area contributed by atoms with Crippen LogP contribution < -0.4 is 10.3 Å². The van der Waals surface area contributed by atoms with Crippen LogP contribution in [0.3, 0.4) is 0 Å². The number of hydrogen-bond donors (Lipinski definition) is 1. The summed E-state index contributed by atoms with van der Waals surface area (Å²) in [6, 6.07) is 6.45. The molecule has 2 heterocycles. The molecular formula is C13H12N2O4. The molecule has 2 aromatic heterocycles. The molecule has 0 saturated heterocycles. The highest BCUT2D eigenvalue weighted by atomic mass is 16.5. The number of hydrogen-bond acceptors (Lipinski definition) is 4. The summed E-state index contributed by atoms with van der Waals surface area (Å²) in [7, 11) is 1.52. The Balaban J connectivity index is 2.39. The van der Waals surface area contributed by atoms with Crippen LogP contribution in [0.5, 0.6) is 5.88 Å². The number of methoxy groups -OCH3 is 1. The SMILES string of the molecule is COc1ccc(-c2ccc(=O)n(CC(=O)O)c2)cn1. The maximum atomic E-state index is 11.5. The van der Waals surface area contributed by atoms with E-state index < -0.39 is 5.97 Å². The molecule has 6 nitrogen and oxygen atoms in total. The number of ether oxygens (including phenoxy) is 1. The Morgan fingerprint density at radius 1 is 1.32 bits per heavy atom. The van der Waals surface area contributed by atoms with Crippen molar-refractivity contribution < 1.29 is 14.6 Å². The molecule has 0 atom stereocenters. The minimum atomic E-state index is -1.06. The predicted octanol–water partition coefficient (Wildman–Crippen LogP) is 1.00. The Labute approximate surface area is 108 Å². The van der Waals surface area contributed by atoms with E-state index in [-0.39, 0.29) is 12.1 Å². The first kappa shape index (κ1) is 12.8. The lowest BCUT2D eigenvalue weighted by molar-refractivity contribution is -0.137. The second kappa shape index (κ2) is 5.34. The molecule has 0 unspecified atom stereocenters. The lowest BCUT2D eigenvalue weighted by Gasteiger charge is -2.06. The second-order valence-corrected chi connectivity index (χ2v) is 3.87. The Bertz CT molecular complexity index is 646. The van der Waals surface area contributed by atoms with Gasteiger partial charge in [-0.15, -0.1) is 0 Å². The van der Waals surface area contributed by atoms with Gasteiger partial charge in [-0.25, -0.2) is 4.98 Å². The van der Waals surface area contributed by atoms with E-state index in [9.17, 15) is 9.59 Å². The zero-order valence-corrected chi connectivity index (χ0v) is 10.2. The number of aliphatic carboxylic acids is 1. The van der Waals surface area contributed by atoms with Gasteiger partial charge >= 0.3 is 5.97 Å². The summed E-state index contributed by atoms with van der Waals surface area (Å²) in [6.07, 6.45) is 3.10. The van der Waals surface area contributed by atoms with E-state index in [0.29, 0.717) is 5.88 Å². The van der Waals surface area contributed by atoms with Crippen molar-refractivity contribution in [2.45, 2.75) is 6.54 Å². The number of pyridine rings is 2. The standard InChI is InChI=1S/C13H12N2O4/c1-19-11-4-2-9(6-14-11)10-3-5-12(16)15(7-10)8-13(17)18/h2-7H,8H2,1H3,(H,17,18). The minimum Gasteiger partial charge on any atom is -0.481 e. The highest BCUT2D eigenvalue weighted by Gasteiger charge is 2.05. The van der Waals surface area contributed by atoms with E-state index in [0.717, 1.165) is 15.7 Å². The quantitative estimate of drug-likeness (QED) is 0.887. The van der Waals surface area contributed by atoms with Crippen LogP contribution in [0.15, 0.2) is 41.5 Å². The van der Waals surface area contributed by atoms with E-state index >= 15 is 0 Å². The predicted molar refractivity (Wildman–Crippen MR) is 68.1 cm³/mol. The third kappa shape index (κ3) is 2.98. The molecule has 0 aliphatic rings. The van der Waals surface area contributed by atoms with E-state index in [1.165, 1.54) is 19.4 Å². The van der Waals surface area contributed by atoms with Crippen molar-refractivity contribution in [2.24, 2.45) is 0 Å². The lowest BCUT2D eigenvalue weighted by Crippen LogP contribution is -2.22. The van der Waals surface area contributed by atoms with Gasteiger partial charge in [-0.3, -0.25) is 9.59 Å². The van der Waals surface area contributed by atoms with Gasteiger partial charge in [0.1, 0.15) is 6.54 Å². The maximum absolute atomic E-state index is 11.5. The molecule has 0 fully saturated rings. The Hall–Kier alpha value is -2.63. The number of rotatable bonds is 4. The van der Waals surface area contributed by atoms with Crippen molar-refractivity contribution >= 4 is 5.97 Å². The molecule has 0 spiro atoms. The topological polar surface area (TPSA) is 81.4 Å². The van der Waals surface area contributed by atoms with Gasteiger partial charge in [0.25, 0.3) is 5.56 Å². The fourth-order valence-electron chi connectivity index (χ4n) is 1.64. The first-order valence-electron chi connectivity index (χ1n) is 5.53.